The number of rotatable bonds is 6. The van der Waals surface area contributed by atoms with Crippen LogP contribution >= 0.6 is 11.8 Å². The molecule has 1 aromatic heterocycles. The number of hydrogen-bond acceptors (Lipinski definition) is 4. The summed E-state index contributed by atoms with van der Waals surface area (Å²) in [5.41, 5.74) is 5.22. The van der Waals surface area contributed by atoms with E-state index in [9.17, 15) is 13.2 Å². The molecule has 4 nitrogen and oxygen atoms in total. The SMILES string of the molecule is NCC(CSc1nnc(C2CC2)n1C1CC1)C(F)(F)F. The Bertz CT molecular complexity index is 480. The fourth-order valence-electron chi connectivity index (χ4n) is 2.15. The predicted octanol–water partition coefficient (Wildman–Crippen LogP) is 2.72. The molecule has 2 N–H and O–H groups in total. The lowest BCUT2D eigenvalue weighted by molar-refractivity contribution is -0.165. The van der Waals surface area contributed by atoms with E-state index in [0.29, 0.717) is 17.1 Å². The van der Waals surface area contributed by atoms with Crippen molar-refractivity contribution in [2.75, 3.05) is 12.3 Å². The number of alkyl halides is 3. The van der Waals surface area contributed by atoms with Crippen LogP contribution in [-0.4, -0.2) is 33.2 Å². The third-order valence-electron chi connectivity index (χ3n) is 3.71. The zero-order chi connectivity index (χ0) is 14.3. The van der Waals surface area contributed by atoms with Gasteiger partial charge in [0.1, 0.15) is 5.82 Å². The first kappa shape index (κ1) is 14.2. The second kappa shape index (κ2) is 5.22. The smallest absolute Gasteiger partial charge is 0.330 e. The zero-order valence-electron chi connectivity index (χ0n) is 10.9. The maximum atomic E-state index is 12.7. The average molecular weight is 306 g/mol. The molecule has 0 radical (unpaired) electrons. The van der Waals surface area contributed by atoms with Crippen molar-refractivity contribution in [3.8, 4) is 0 Å². The maximum absolute atomic E-state index is 12.7. The molecule has 8 heteroatoms. The van der Waals surface area contributed by atoms with E-state index in [1.54, 1.807) is 0 Å². The van der Waals surface area contributed by atoms with Crippen molar-refractivity contribution >= 4 is 11.8 Å². The summed E-state index contributed by atoms with van der Waals surface area (Å²) < 4.78 is 40.2. The lowest BCUT2D eigenvalue weighted by Gasteiger charge is -2.17. The molecule has 1 aromatic rings. The Hall–Kier alpha value is -0.760. The van der Waals surface area contributed by atoms with E-state index in [2.05, 4.69) is 14.8 Å². The molecular formula is C12H17F3N4S. The van der Waals surface area contributed by atoms with Crippen molar-refractivity contribution in [3.63, 3.8) is 0 Å². The van der Waals surface area contributed by atoms with Gasteiger partial charge in [-0.2, -0.15) is 13.2 Å². The van der Waals surface area contributed by atoms with Gasteiger partial charge in [0, 0.05) is 24.3 Å². The van der Waals surface area contributed by atoms with Gasteiger partial charge < -0.3 is 10.3 Å². The highest BCUT2D eigenvalue weighted by Crippen LogP contribution is 2.46. The van der Waals surface area contributed by atoms with E-state index in [0.717, 1.165) is 43.3 Å². The summed E-state index contributed by atoms with van der Waals surface area (Å²) in [5.74, 6) is -0.145. The molecule has 0 spiro atoms. The molecule has 0 saturated heterocycles. The molecule has 0 aromatic carbocycles. The molecule has 0 aliphatic heterocycles. The van der Waals surface area contributed by atoms with E-state index < -0.39 is 12.1 Å². The summed E-state index contributed by atoms with van der Waals surface area (Å²) in [6.07, 6.45) is 0.133. The van der Waals surface area contributed by atoms with Gasteiger partial charge in [0.2, 0.25) is 0 Å². The molecule has 2 aliphatic rings. The normalized spacial score (nSPS) is 21.2. The Labute approximate surface area is 119 Å². The van der Waals surface area contributed by atoms with Crippen LogP contribution in [0.4, 0.5) is 13.2 Å². The van der Waals surface area contributed by atoms with E-state index >= 15 is 0 Å². The fourth-order valence-corrected chi connectivity index (χ4v) is 3.31. The first-order valence-corrected chi connectivity index (χ1v) is 7.83. The van der Waals surface area contributed by atoms with Crippen LogP contribution in [0.3, 0.4) is 0 Å². The zero-order valence-corrected chi connectivity index (χ0v) is 11.8. The van der Waals surface area contributed by atoms with Gasteiger partial charge >= 0.3 is 6.18 Å². The quantitative estimate of drug-likeness (QED) is 0.821. The first-order chi connectivity index (χ1) is 9.50. The van der Waals surface area contributed by atoms with Gasteiger partial charge in [-0.15, -0.1) is 10.2 Å². The van der Waals surface area contributed by atoms with Gasteiger partial charge in [-0.1, -0.05) is 11.8 Å². The van der Waals surface area contributed by atoms with E-state index in [-0.39, 0.29) is 12.3 Å². The Kier molecular flexibility index (Phi) is 3.70. The average Bonchev–Trinajstić information content (AvgIpc) is 3.28. The van der Waals surface area contributed by atoms with E-state index in [4.69, 9.17) is 5.73 Å². The van der Waals surface area contributed by atoms with Crippen molar-refractivity contribution in [3.05, 3.63) is 5.82 Å². The topological polar surface area (TPSA) is 56.7 Å². The number of hydrogen-bond donors (Lipinski definition) is 1. The van der Waals surface area contributed by atoms with Crippen LogP contribution in [0.1, 0.15) is 43.5 Å². The predicted molar refractivity (Wildman–Crippen MR) is 69.6 cm³/mol. The lowest BCUT2D eigenvalue weighted by atomic mass is 10.2. The minimum Gasteiger partial charge on any atom is -0.330 e. The molecule has 2 aliphatic carbocycles. The van der Waals surface area contributed by atoms with E-state index in [1.165, 1.54) is 0 Å². The van der Waals surface area contributed by atoms with Gasteiger partial charge in [0.15, 0.2) is 5.16 Å². The van der Waals surface area contributed by atoms with Gasteiger partial charge in [-0.3, -0.25) is 0 Å². The Morgan fingerprint density at radius 1 is 1.25 bits per heavy atom. The van der Waals surface area contributed by atoms with Gasteiger partial charge in [-0.05, 0) is 25.7 Å². The van der Waals surface area contributed by atoms with Crippen LogP contribution < -0.4 is 5.73 Å². The Balaban J connectivity index is 1.71. The highest BCUT2D eigenvalue weighted by molar-refractivity contribution is 7.99. The Morgan fingerprint density at radius 2 is 1.95 bits per heavy atom. The molecule has 2 fully saturated rings. The van der Waals surface area contributed by atoms with Gasteiger partial charge in [0.25, 0.3) is 0 Å². The highest BCUT2D eigenvalue weighted by Gasteiger charge is 2.40. The summed E-state index contributed by atoms with van der Waals surface area (Å²) in [6, 6.07) is 0.394. The monoisotopic (exact) mass is 306 g/mol. The summed E-state index contributed by atoms with van der Waals surface area (Å²) in [7, 11) is 0. The molecule has 1 heterocycles. The van der Waals surface area contributed by atoms with Crippen molar-refractivity contribution in [2.45, 2.75) is 49.0 Å². The summed E-state index contributed by atoms with van der Waals surface area (Å²) in [6.45, 7) is -0.385. The second-order valence-corrected chi connectivity index (χ2v) is 6.49. The first-order valence-electron chi connectivity index (χ1n) is 6.85. The van der Waals surface area contributed by atoms with E-state index in [1.807, 2.05) is 0 Å². The minimum absolute atomic E-state index is 0.0878. The summed E-state index contributed by atoms with van der Waals surface area (Å²) in [5, 5.41) is 8.90. The third-order valence-corrected chi connectivity index (χ3v) is 4.81. The highest BCUT2D eigenvalue weighted by atomic mass is 32.2. The van der Waals surface area contributed by atoms with Crippen LogP contribution in [0.25, 0.3) is 0 Å². The number of nitrogens with zero attached hydrogens (tertiary/aromatic N) is 3. The van der Waals surface area contributed by atoms with Crippen molar-refractivity contribution in [2.24, 2.45) is 11.7 Å². The molecule has 2 saturated carbocycles. The maximum Gasteiger partial charge on any atom is 0.393 e. The summed E-state index contributed by atoms with van der Waals surface area (Å²) >= 11 is 1.13. The van der Waals surface area contributed by atoms with Crippen LogP contribution in [0.2, 0.25) is 0 Å². The fraction of sp³-hybridized carbons (Fsp3) is 0.833. The number of nitrogens with two attached hydrogens (primary N) is 1. The number of halogens is 3. The molecular weight excluding hydrogens is 289 g/mol. The Morgan fingerprint density at radius 3 is 2.45 bits per heavy atom. The standard InChI is InChI=1S/C12H17F3N4S/c13-12(14,15)8(5-16)6-20-11-18-17-10(7-1-2-7)19(11)9-3-4-9/h7-9H,1-6,16H2. The molecule has 0 bridgehead atoms. The van der Waals surface area contributed by atoms with Crippen molar-refractivity contribution in [1.29, 1.82) is 0 Å². The second-order valence-electron chi connectivity index (χ2n) is 5.50. The molecule has 1 unspecified atom stereocenters. The lowest BCUT2D eigenvalue weighted by Crippen LogP contribution is -2.32. The number of thioether (sulfide) groups is 1. The van der Waals surface area contributed by atoms with Crippen molar-refractivity contribution in [1.82, 2.24) is 14.8 Å². The molecule has 20 heavy (non-hydrogen) atoms. The van der Waals surface area contributed by atoms with Gasteiger partial charge in [0.05, 0.1) is 5.92 Å². The molecule has 1 atom stereocenters. The van der Waals surface area contributed by atoms with Crippen LogP contribution in [0, 0.1) is 5.92 Å². The molecule has 3 rings (SSSR count). The van der Waals surface area contributed by atoms with Crippen molar-refractivity contribution < 1.29 is 13.2 Å². The van der Waals surface area contributed by atoms with Crippen LogP contribution in [-0.2, 0) is 0 Å². The number of aromatic nitrogens is 3. The van der Waals surface area contributed by atoms with Crippen LogP contribution in [0.15, 0.2) is 5.16 Å². The molecule has 112 valence electrons. The third kappa shape index (κ3) is 2.95. The minimum atomic E-state index is -4.24. The van der Waals surface area contributed by atoms with Crippen LogP contribution in [0.5, 0.6) is 0 Å². The van der Waals surface area contributed by atoms with Gasteiger partial charge in [-0.25, -0.2) is 0 Å². The molecule has 0 amide bonds. The summed E-state index contributed by atoms with van der Waals surface area (Å²) in [4.78, 5) is 0. The largest absolute Gasteiger partial charge is 0.393 e.